The highest BCUT2D eigenvalue weighted by Gasteiger charge is 2.29. The fourth-order valence-corrected chi connectivity index (χ4v) is 2.80. The van der Waals surface area contributed by atoms with Crippen molar-refractivity contribution in [3.8, 4) is 0 Å². The van der Waals surface area contributed by atoms with Crippen LogP contribution in [0.4, 0.5) is 0 Å². The number of ether oxygens (including phenoxy) is 1. The van der Waals surface area contributed by atoms with Gasteiger partial charge in [0.15, 0.2) is 0 Å². The van der Waals surface area contributed by atoms with Crippen molar-refractivity contribution in [3.63, 3.8) is 0 Å². The Morgan fingerprint density at radius 1 is 1.12 bits per heavy atom. The van der Waals surface area contributed by atoms with Crippen molar-refractivity contribution in [2.45, 2.75) is 52.4 Å². The minimum absolute atomic E-state index is 0.0212. The Bertz CT molecular complexity index is 222. The van der Waals surface area contributed by atoms with Gasteiger partial charge in [0.2, 0.25) is 0 Å². The topological polar surface area (TPSA) is 26.3 Å². The molecule has 0 spiro atoms. The average molecular weight is 242 g/mol. The van der Waals surface area contributed by atoms with E-state index in [9.17, 15) is 4.79 Å². The Hall–Kier alpha value is -0.570. The molecule has 1 heterocycles. The molecule has 3 nitrogen and oxygen atoms in total. The second kappa shape index (κ2) is 7.70. The lowest BCUT2D eigenvalue weighted by atomic mass is 10.1. The number of likely N-dealkylation sites (tertiary alicyclic amines) is 1. The number of esters is 1. The van der Waals surface area contributed by atoms with Crippen molar-refractivity contribution in [2.75, 3.05) is 32.8 Å². The first-order valence-corrected chi connectivity index (χ1v) is 7.23. The Morgan fingerprint density at radius 2 is 1.82 bits per heavy atom. The fraction of sp³-hybridized carbons (Fsp3) is 0.929. The van der Waals surface area contributed by atoms with Gasteiger partial charge in [-0.2, -0.15) is 0 Å². The van der Waals surface area contributed by atoms with E-state index >= 15 is 0 Å². The number of carbonyl (C=O) groups is 1. The van der Waals surface area contributed by atoms with Crippen LogP contribution in [0.5, 0.6) is 0 Å². The SMILES string of the molecule is CCCC[N+]1(CCC(=O)OCC)CCCCC1. The Morgan fingerprint density at radius 3 is 2.41 bits per heavy atom. The molecule has 0 unspecified atom stereocenters. The monoisotopic (exact) mass is 242 g/mol. The van der Waals surface area contributed by atoms with Gasteiger partial charge >= 0.3 is 5.97 Å². The molecule has 0 aliphatic carbocycles. The van der Waals surface area contributed by atoms with Crippen LogP contribution < -0.4 is 0 Å². The summed E-state index contributed by atoms with van der Waals surface area (Å²) in [5.74, 6) is -0.0212. The van der Waals surface area contributed by atoms with Crippen LogP contribution in [0.1, 0.15) is 52.4 Å². The molecule has 100 valence electrons. The highest BCUT2D eigenvalue weighted by Crippen LogP contribution is 2.20. The number of quaternary nitrogens is 1. The molecule has 0 aromatic heterocycles. The van der Waals surface area contributed by atoms with Crippen molar-refractivity contribution in [2.24, 2.45) is 0 Å². The van der Waals surface area contributed by atoms with Gasteiger partial charge in [-0.25, -0.2) is 0 Å². The molecule has 1 rings (SSSR count). The van der Waals surface area contributed by atoms with Crippen molar-refractivity contribution >= 4 is 5.97 Å². The fourth-order valence-electron chi connectivity index (χ4n) is 2.80. The molecule has 0 aromatic carbocycles. The first-order chi connectivity index (χ1) is 8.22. The summed E-state index contributed by atoms with van der Waals surface area (Å²) in [7, 11) is 0. The van der Waals surface area contributed by atoms with Crippen LogP contribution in [0.25, 0.3) is 0 Å². The molecule has 0 amide bonds. The lowest BCUT2D eigenvalue weighted by molar-refractivity contribution is -0.932. The zero-order valence-electron chi connectivity index (χ0n) is 11.5. The highest BCUT2D eigenvalue weighted by molar-refractivity contribution is 5.69. The maximum absolute atomic E-state index is 11.5. The summed E-state index contributed by atoms with van der Waals surface area (Å²) in [6, 6.07) is 0. The predicted molar refractivity (Wildman–Crippen MR) is 69.7 cm³/mol. The second-order valence-corrected chi connectivity index (χ2v) is 5.21. The Kier molecular flexibility index (Phi) is 6.56. The van der Waals surface area contributed by atoms with Gasteiger partial charge in [0, 0.05) is 0 Å². The zero-order valence-corrected chi connectivity index (χ0v) is 11.5. The first-order valence-electron chi connectivity index (χ1n) is 7.23. The van der Waals surface area contributed by atoms with E-state index in [1.54, 1.807) is 0 Å². The zero-order chi connectivity index (χ0) is 12.6. The average Bonchev–Trinajstić information content (AvgIpc) is 2.36. The standard InChI is InChI=1S/C14H28NO2/c1-3-5-10-15(11-7-6-8-12-15)13-9-14(16)17-4-2/h3-13H2,1-2H3/q+1. The van der Waals surface area contributed by atoms with E-state index in [2.05, 4.69) is 6.92 Å². The minimum Gasteiger partial charge on any atom is -0.466 e. The maximum atomic E-state index is 11.5. The van der Waals surface area contributed by atoms with Crippen LogP contribution in [0.2, 0.25) is 0 Å². The summed E-state index contributed by atoms with van der Waals surface area (Å²) < 4.78 is 6.19. The lowest BCUT2D eigenvalue weighted by Crippen LogP contribution is -2.53. The molecule has 0 radical (unpaired) electrons. The lowest BCUT2D eigenvalue weighted by Gasteiger charge is -2.41. The number of unbranched alkanes of at least 4 members (excludes halogenated alkanes) is 1. The molecule has 1 aliphatic rings. The first kappa shape index (κ1) is 14.5. The van der Waals surface area contributed by atoms with Crippen LogP contribution >= 0.6 is 0 Å². The number of piperidine rings is 1. The second-order valence-electron chi connectivity index (χ2n) is 5.21. The van der Waals surface area contributed by atoms with E-state index in [1.165, 1.54) is 51.7 Å². The molecule has 0 N–H and O–H groups in total. The summed E-state index contributed by atoms with van der Waals surface area (Å²) >= 11 is 0. The molecule has 0 atom stereocenters. The van der Waals surface area contributed by atoms with E-state index in [4.69, 9.17) is 4.74 Å². The van der Waals surface area contributed by atoms with E-state index in [0.717, 1.165) is 11.0 Å². The summed E-state index contributed by atoms with van der Waals surface area (Å²) in [6.07, 6.45) is 7.14. The van der Waals surface area contributed by atoms with Gasteiger partial charge < -0.3 is 9.22 Å². The number of hydrogen-bond donors (Lipinski definition) is 0. The van der Waals surface area contributed by atoms with Crippen molar-refractivity contribution < 1.29 is 14.0 Å². The van der Waals surface area contributed by atoms with Crippen LogP contribution in [0.15, 0.2) is 0 Å². The third-order valence-corrected chi connectivity index (χ3v) is 3.85. The summed E-state index contributed by atoms with van der Waals surface area (Å²) in [6.45, 7) is 9.38. The van der Waals surface area contributed by atoms with E-state index in [-0.39, 0.29) is 5.97 Å². The molecular formula is C14H28NO2+. The van der Waals surface area contributed by atoms with Crippen molar-refractivity contribution in [3.05, 3.63) is 0 Å². The van der Waals surface area contributed by atoms with Crippen molar-refractivity contribution in [1.82, 2.24) is 0 Å². The molecule has 0 bridgehead atoms. The molecule has 17 heavy (non-hydrogen) atoms. The van der Waals surface area contributed by atoms with E-state index < -0.39 is 0 Å². The summed E-state index contributed by atoms with van der Waals surface area (Å²) in [5, 5.41) is 0. The Balaban J connectivity index is 2.42. The normalized spacial score (nSPS) is 18.9. The molecule has 1 fully saturated rings. The molecular weight excluding hydrogens is 214 g/mol. The van der Waals surface area contributed by atoms with E-state index in [1.807, 2.05) is 6.92 Å². The van der Waals surface area contributed by atoms with Gasteiger partial charge in [-0.3, -0.25) is 4.79 Å². The van der Waals surface area contributed by atoms with Gasteiger partial charge in [-0.1, -0.05) is 13.3 Å². The quantitative estimate of drug-likeness (QED) is 0.507. The third kappa shape index (κ3) is 5.07. The van der Waals surface area contributed by atoms with E-state index in [0.29, 0.717) is 13.0 Å². The van der Waals surface area contributed by atoms with Crippen LogP contribution in [0.3, 0.4) is 0 Å². The number of hydrogen-bond acceptors (Lipinski definition) is 2. The molecule has 3 heteroatoms. The van der Waals surface area contributed by atoms with Gasteiger partial charge in [-0.15, -0.1) is 0 Å². The van der Waals surface area contributed by atoms with Gasteiger partial charge in [0.1, 0.15) is 0 Å². The predicted octanol–water partition coefficient (Wildman–Crippen LogP) is 2.74. The summed E-state index contributed by atoms with van der Waals surface area (Å²) in [4.78, 5) is 11.5. The van der Waals surface area contributed by atoms with Gasteiger partial charge in [-0.05, 0) is 32.6 Å². The van der Waals surface area contributed by atoms with Crippen molar-refractivity contribution in [1.29, 1.82) is 0 Å². The molecule has 0 saturated carbocycles. The van der Waals surface area contributed by atoms with Gasteiger partial charge in [0.05, 0.1) is 39.2 Å². The largest absolute Gasteiger partial charge is 0.466 e. The maximum Gasteiger partial charge on any atom is 0.311 e. The molecule has 0 aromatic rings. The summed E-state index contributed by atoms with van der Waals surface area (Å²) in [5.41, 5.74) is 0. The number of nitrogens with zero attached hydrogens (tertiary/aromatic N) is 1. The van der Waals surface area contributed by atoms with Gasteiger partial charge in [0.25, 0.3) is 0 Å². The van der Waals surface area contributed by atoms with Crippen LogP contribution in [-0.2, 0) is 9.53 Å². The number of carbonyl (C=O) groups excluding carboxylic acids is 1. The number of rotatable bonds is 7. The van der Waals surface area contributed by atoms with Crippen LogP contribution in [-0.4, -0.2) is 43.2 Å². The third-order valence-electron chi connectivity index (χ3n) is 3.85. The smallest absolute Gasteiger partial charge is 0.311 e. The molecule has 1 saturated heterocycles. The Labute approximate surface area is 106 Å². The molecule has 1 aliphatic heterocycles. The van der Waals surface area contributed by atoms with Crippen LogP contribution in [0, 0.1) is 0 Å². The highest BCUT2D eigenvalue weighted by atomic mass is 16.5. The minimum atomic E-state index is -0.0212.